The summed E-state index contributed by atoms with van der Waals surface area (Å²) in [6.07, 6.45) is 3.09. The Morgan fingerprint density at radius 2 is 1.47 bits per heavy atom. The zero-order chi connectivity index (χ0) is 25.2. The molecule has 1 N–H and O–H groups in total. The number of fused-ring (bicyclic) bond motifs is 1. The Labute approximate surface area is 214 Å². The first-order valence-corrected chi connectivity index (χ1v) is 12.6. The highest BCUT2D eigenvalue weighted by Crippen LogP contribution is 2.34. The van der Waals surface area contributed by atoms with Gasteiger partial charge in [-0.3, -0.25) is 0 Å². The summed E-state index contributed by atoms with van der Waals surface area (Å²) >= 11 is 0. The van der Waals surface area contributed by atoms with Gasteiger partial charge in [0.05, 0.1) is 0 Å². The molecule has 36 heavy (non-hydrogen) atoms. The number of hydrogen-bond donors (Lipinski definition) is 1. The number of phenolic OH excluding ortho intramolecular Hbond substituents is 1. The van der Waals surface area contributed by atoms with Gasteiger partial charge in [-0.25, -0.2) is 0 Å². The summed E-state index contributed by atoms with van der Waals surface area (Å²) in [5.74, 6) is 0.361. The molecule has 0 unspecified atom stereocenters. The third kappa shape index (κ3) is 4.80. The fraction of sp³-hybridized carbons (Fsp3) is 0.212. The number of aromatic hydroxyl groups is 1. The lowest BCUT2D eigenvalue weighted by molar-refractivity contribution is 0.386. The average molecular weight is 475 g/mol. The molecule has 0 radical (unpaired) electrons. The predicted molar refractivity (Wildman–Crippen MR) is 151 cm³/mol. The largest absolute Gasteiger partial charge is 0.508 e. The molecule has 1 heterocycles. The molecule has 0 spiro atoms. The Kier molecular flexibility index (Phi) is 6.67. The van der Waals surface area contributed by atoms with Crippen molar-refractivity contribution in [2.45, 2.75) is 33.4 Å². The van der Waals surface area contributed by atoms with E-state index in [0.29, 0.717) is 12.3 Å². The maximum atomic E-state index is 10.9. The van der Waals surface area contributed by atoms with Crippen LogP contribution in [0.1, 0.15) is 33.4 Å². The zero-order valence-electron chi connectivity index (χ0n) is 21.6. The Balaban J connectivity index is 1.60. The van der Waals surface area contributed by atoms with Crippen LogP contribution in [0.2, 0.25) is 0 Å². The second-order valence-corrected chi connectivity index (χ2v) is 10.1. The van der Waals surface area contributed by atoms with Gasteiger partial charge in [-0.05, 0) is 85.4 Å². The van der Waals surface area contributed by atoms with Crippen molar-refractivity contribution in [2.24, 2.45) is 0 Å². The van der Waals surface area contributed by atoms with Gasteiger partial charge in [-0.1, -0.05) is 72.8 Å². The van der Waals surface area contributed by atoms with Gasteiger partial charge in [0.1, 0.15) is 5.75 Å². The van der Waals surface area contributed by atoms with Crippen molar-refractivity contribution in [3.63, 3.8) is 0 Å². The molecule has 0 atom stereocenters. The molecular weight excluding hydrogens is 440 g/mol. The van der Waals surface area contributed by atoms with Crippen molar-refractivity contribution in [1.29, 1.82) is 0 Å². The van der Waals surface area contributed by atoms with Crippen molar-refractivity contribution < 1.29 is 5.11 Å². The minimum Gasteiger partial charge on any atom is -0.508 e. The number of aryl methyl sites for hydroxylation is 1. The van der Waals surface area contributed by atoms with Crippen LogP contribution in [0, 0.1) is 13.8 Å². The second kappa shape index (κ2) is 10.0. The van der Waals surface area contributed by atoms with E-state index in [0.717, 1.165) is 29.4 Å². The van der Waals surface area contributed by atoms with Gasteiger partial charge < -0.3 is 14.6 Å². The van der Waals surface area contributed by atoms with E-state index < -0.39 is 0 Å². The van der Waals surface area contributed by atoms with Crippen LogP contribution in [-0.4, -0.2) is 28.7 Å². The highest BCUT2D eigenvalue weighted by molar-refractivity contribution is 5.87. The lowest BCUT2D eigenvalue weighted by Gasteiger charge is -2.14. The normalized spacial score (nSPS) is 11.5. The monoisotopic (exact) mass is 474 g/mol. The summed E-state index contributed by atoms with van der Waals surface area (Å²) in [4.78, 5) is 2.09. The van der Waals surface area contributed by atoms with Crippen molar-refractivity contribution in [2.75, 3.05) is 14.1 Å². The molecule has 0 aliphatic heterocycles. The zero-order valence-corrected chi connectivity index (χ0v) is 21.6. The molecular formula is C33H34N2O. The average Bonchev–Trinajstić information content (AvgIpc) is 3.17. The topological polar surface area (TPSA) is 28.4 Å². The summed E-state index contributed by atoms with van der Waals surface area (Å²) in [5, 5.41) is 12.0. The van der Waals surface area contributed by atoms with Gasteiger partial charge in [-0.2, -0.15) is 0 Å². The number of benzene rings is 4. The second-order valence-electron chi connectivity index (χ2n) is 10.1. The number of phenols is 1. The molecule has 182 valence electrons. The molecule has 4 aromatic carbocycles. The van der Waals surface area contributed by atoms with Crippen LogP contribution < -0.4 is 0 Å². The van der Waals surface area contributed by atoms with Crippen LogP contribution in [-0.2, 0) is 19.5 Å². The Hall–Kier alpha value is -3.82. The highest BCUT2D eigenvalue weighted by atomic mass is 16.3. The molecule has 0 saturated heterocycles. The molecule has 0 saturated carbocycles. The van der Waals surface area contributed by atoms with E-state index in [1.165, 1.54) is 38.9 Å². The molecule has 5 aromatic rings. The number of hydrogen-bond acceptors (Lipinski definition) is 2. The molecule has 3 nitrogen and oxygen atoms in total. The first kappa shape index (κ1) is 23.9. The van der Waals surface area contributed by atoms with E-state index in [9.17, 15) is 5.11 Å². The summed E-state index contributed by atoms with van der Waals surface area (Å²) in [6, 6.07) is 29.9. The number of aromatic nitrogens is 1. The minimum atomic E-state index is 0.361. The van der Waals surface area contributed by atoms with Crippen molar-refractivity contribution in [3.8, 4) is 16.9 Å². The van der Waals surface area contributed by atoms with Crippen molar-refractivity contribution in [3.05, 3.63) is 125 Å². The molecule has 0 aliphatic carbocycles. The SMILES string of the molecule is Cc1ccccc1-c1cccc(Cc2cn(Cc3ccccc3)c3cc(CN(C)C)c(O)cc23)c1C. The standard InChI is InChI=1S/C33H34N2O/c1-23-11-8-9-15-29(23)30-16-10-14-26(24(30)2)17-27-22-35(20-25-12-6-5-7-13-25)32-18-28(21-34(3)4)33(36)19-31(27)32/h5-16,18-19,22,36H,17,20-21H2,1-4H3. The van der Waals surface area contributed by atoms with Crippen LogP contribution in [0.3, 0.4) is 0 Å². The fourth-order valence-corrected chi connectivity index (χ4v) is 5.21. The van der Waals surface area contributed by atoms with E-state index in [2.05, 4.69) is 108 Å². The van der Waals surface area contributed by atoms with E-state index in [4.69, 9.17) is 0 Å². The number of rotatable bonds is 7. The molecule has 0 fully saturated rings. The van der Waals surface area contributed by atoms with Gasteiger partial charge in [0, 0.05) is 35.8 Å². The summed E-state index contributed by atoms with van der Waals surface area (Å²) < 4.78 is 2.33. The van der Waals surface area contributed by atoms with Gasteiger partial charge >= 0.3 is 0 Å². The fourth-order valence-electron chi connectivity index (χ4n) is 5.21. The molecule has 0 amide bonds. The van der Waals surface area contributed by atoms with Crippen LogP contribution in [0.4, 0.5) is 0 Å². The molecule has 1 aromatic heterocycles. The minimum absolute atomic E-state index is 0.361. The molecule has 5 rings (SSSR count). The van der Waals surface area contributed by atoms with Crippen LogP contribution >= 0.6 is 0 Å². The maximum Gasteiger partial charge on any atom is 0.120 e. The highest BCUT2D eigenvalue weighted by Gasteiger charge is 2.16. The van der Waals surface area contributed by atoms with Crippen LogP contribution in [0.15, 0.2) is 91.1 Å². The van der Waals surface area contributed by atoms with Crippen LogP contribution in [0.25, 0.3) is 22.0 Å². The van der Waals surface area contributed by atoms with Gasteiger partial charge in [0.2, 0.25) is 0 Å². The predicted octanol–water partition coefficient (Wildman–Crippen LogP) is 7.33. The van der Waals surface area contributed by atoms with Crippen molar-refractivity contribution >= 4 is 10.9 Å². The Morgan fingerprint density at radius 3 is 2.22 bits per heavy atom. The lowest BCUT2D eigenvalue weighted by atomic mass is 9.91. The first-order chi connectivity index (χ1) is 17.4. The quantitative estimate of drug-likeness (QED) is 0.267. The van der Waals surface area contributed by atoms with Crippen LogP contribution in [0.5, 0.6) is 5.75 Å². The van der Waals surface area contributed by atoms with Crippen molar-refractivity contribution in [1.82, 2.24) is 9.47 Å². The number of nitrogens with zero attached hydrogens (tertiary/aromatic N) is 2. The third-order valence-corrected chi connectivity index (χ3v) is 7.11. The third-order valence-electron chi connectivity index (χ3n) is 7.11. The summed E-state index contributed by atoms with van der Waals surface area (Å²) in [6.45, 7) is 5.90. The smallest absolute Gasteiger partial charge is 0.120 e. The Morgan fingerprint density at radius 1 is 0.750 bits per heavy atom. The van der Waals surface area contributed by atoms with E-state index >= 15 is 0 Å². The van der Waals surface area contributed by atoms with E-state index in [1.54, 1.807) is 0 Å². The van der Waals surface area contributed by atoms with E-state index in [1.807, 2.05) is 20.2 Å². The van der Waals surface area contributed by atoms with Gasteiger partial charge in [0.25, 0.3) is 0 Å². The summed E-state index contributed by atoms with van der Waals surface area (Å²) in [5.41, 5.74) is 11.1. The van der Waals surface area contributed by atoms with Gasteiger partial charge in [0.15, 0.2) is 0 Å². The molecule has 0 aliphatic rings. The summed E-state index contributed by atoms with van der Waals surface area (Å²) in [7, 11) is 4.06. The lowest BCUT2D eigenvalue weighted by Crippen LogP contribution is -2.11. The Bertz CT molecular complexity index is 1510. The molecule has 3 heteroatoms. The van der Waals surface area contributed by atoms with E-state index in [-0.39, 0.29) is 0 Å². The maximum absolute atomic E-state index is 10.9. The molecule has 0 bridgehead atoms. The first-order valence-electron chi connectivity index (χ1n) is 12.6. The van der Waals surface area contributed by atoms with Gasteiger partial charge in [-0.15, -0.1) is 0 Å².